The molecule has 27 heavy (non-hydrogen) atoms. The van der Waals surface area contributed by atoms with Gasteiger partial charge in [0.25, 0.3) is 0 Å². The van der Waals surface area contributed by atoms with E-state index in [0.717, 1.165) is 11.1 Å². The van der Waals surface area contributed by atoms with Crippen molar-refractivity contribution in [3.8, 4) is 0 Å². The highest BCUT2D eigenvalue weighted by Crippen LogP contribution is 2.40. The van der Waals surface area contributed by atoms with E-state index >= 15 is 0 Å². The second-order valence-electron chi connectivity index (χ2n) is 6.42. The molecule has 2 unspecified atom stereocenters. The lowest BCUT2D eigenvalue weighted by Crippen LogP contribution is -2.41. The first-order valence-corrected chi connectivity index (χ1v) is 8.43. The number of nitrogens with one attached hydrogen (secondary N) is 1. The molecule has 0 saturated heterocycles. The van der Waals surface area contributed by atoms with Crippen LogP contribution in [0.3, 0.4) is 0 Å². The highest BCUT2D eigenvalue weighted by Gasteiger charge is 2.45. The lowest BCUT2D eigenvalue weighted by Gasteiger charge is -2.31. The first-order valence-electron chi connectivity index (χ1n) is 8.43. The van der Waals surface area contributed by atoms with Gasteiger partial charge >= 0.3 is 0 Å². The largest absolute Gasteiger partial charge is 0.619 e. The van der Waals surface area contributed by atoms with E-state index in [2.05, 4.69) is 10.3 Å². The van der Waals surface area contributed by atoms with E-state index in [1.165, 1.54) is 36.8 Å². The average Bonchev–Trinajstić information content (AvgIpc) is 3.02. The first-order chi connectivity index (χ1) is 13.0. The maximum absolute atomic E-state index is 13.5. The number of amidine groups is 1. The number of benzene rings is 1. The molecule has 1 N–H and O–H groups in total. The fourth-order valence-corrected chi connectivity index (χ4v) is 3.43. The summed E-state index contributed by atoms with van der Waals surface area (Å²) in [5, 5.41) is 14.6. The zero-order valence-corrected chi connectivity index (χ0v) is 14.4. The summed E-state index contributed by atoms with van der Waals surface area (Å²) in [5.74, 6) is -0.340. The molecule has 4 rings (SSSR count). The van der Waals surface area contributed by atoms with Crippen molar-refractivity contribution in [1.82, 2.24) is 10.3 Å². The molecule has 2 aromatic heterocycles. The van der Waals surface area contributed by atoms with Gasteiger partial charge < -0.3 is 10.5 Å². The summed E-state index contributed by atoms with van der Waals surface area (Å²) in [5.41, 5.74) is 1.27. The number of aromatic nitrogens is 2. The van der Waals surface area contributed by atoms with E-state index in [9.17, 15) is 14.0 Å². The van der Waals surface area contributed by atoms with Crippen molar-refractivity contribution in [2.75, 3.05) is 0 Å². The SMILES string of the molecule is CC1NC(c2cc[n+]([O-])cc2)=NC1(c1ccc(F)cc1)c1ccc(F)nc1. The average molecular weight is 366 g/mol. The van der Waals surface area contributed by atoms with Crippen molar-refractivity contribution in [2.45, 2.75) is 18.5 Å². The van der Waals surface area contributed by atoms with Gasteiger partial charge in [-0.1, -0.05) is 18.2 Å². The number of hydrogen-bond acceptors (Lipinski definition) is 4. The molecule has 1 aliphatic rings. The molecule has 1 aromatic carbocycles. The van der Waals surface area contributed by atoms with Crippen LogP contribution < -0.4 is 10.0 Å². The van der Waals surface area contributed by atoms with E-state index in [4.69, 9.17) is 4.99 Å². The molecule has 5 nitrogen and oxygen atoms in total. The van der Waals surface area contributed by atoms with Gasteiger partial charge in [-0.25, -0.2) is 14.4 Å². The Morgan fingerprint density at radius 3 is 2.30 bits per heavy atom. The smallest absolute Gasteiger partial charge is 0.212 e. The van der Waals surface area contributed by atoms with Crippen LogP contribution in [0.25, 0.3) is 0 Å². The van der Waals surface area contributed by atoms with Crippen LogP contribution in [0.1, 0.15) is 23.6 Å². The minimum Gasteiger partial charge on any atom is -0.619 e. The van der Waals surface area contributed by atoms with E-state index in [0.29, 0.717) is 16.1 Å². The van der Waals surface area contributed by atoms with Crippen LogP contribution in [-0.2, 0) is 5.54 Å². The van der Waals surface area contributed by atoms with E-state index in [1.807, 2.05) is 6.92 Å². The van der Waals surface area contributed by atoms with Crippen molar-refractivity contribution in [1.29, 1.82) is 0 Å². The molecule has 136 valence electrons. The molecule has 0 bridgehead atoms. The Morgan fingerprint density at radius 2 is 1.67 bits per heavy atom. The highest BCUT2D eigenvalue weighted by molar-refractivity contribution is 6.01. The Balaban J connectivity index is 1.90. The molecule has 3 heterocycles. The summed E-state index contributed by atoms with van der Waals surface area (Å²) < 4.78 is 27.6. The van der Waals surface area contributed by atoms with Crippen molar-refractivity contribution in [2.24, 2.45) is 4.99 Å². The second kappa shape index (κ2) is 6.42. The molecule has 7 heteroatoms. The Bertz CT molecular complexity index is 941. The molecule has 1 aliphatic heterocycles. The van der Waals surface area contributed by atoms with Gasteiger partial charge in [-0.3, -0.25) is 0 Å². The number of halogens is 2. The molecule has 0 fully saturated rings. The molecule has 3 aromatic rings. The van der Waals surface area contributed by atoms with Crippen molar-refractivity contribution < 1.29 is 13.5 Å². The van der Waals surface area contributed by atoms with Gasteiger partial charge in [0, 0.05) is 29.5 Å². The lowest BCUT2D eigenvalue weighted by atomic mass is 9.79. The van der Waals surface area contributed by atoms with Crippen LogP contribution in [0.5, 0.6) is 0 Å². The number of hydrogen-bond donors (Lipinski definition) is 1. The second-order valence-corrected chi connectivity index (χ2v) is 6.42. The van der Waals surface area contributed by atoms with Crippen molar-refractivity contribution in [3.63, 3.8) is 0 Å². The molecule has 2 atom stereocenters. The van der Waals surface area contributed by atoms with Crippen LogP contribution in [0.2, 0.25) is 0 Å². The van der Waals surface area contributed by atoms with E-state index in [-0.39, 0.29) is 11.9 Å². The Kier molecular flexibility index (Phi) is 4.07. The maximum Gasteiger partial charge on any atom is 0.212 e. The fourth-order valence-electron chi connectivity index (χ4n) is 3.43. The quantitative estimate of drug-likeness (QED) is 0.440. The van der Waals surface area contributed by atoms with Crippen LogP contribution in [0.15, 0.2) is 72.1 Å². The van der Waals surface area contributed by atoms with E-state index < -0.39 is 11.5 Å². The minimum atomic E-state index is -0.910. The number of nitrogens with zero attached hydrogens (tertiary/aromatic N) is 3. The Morgan fingerprint density at radius 1 is 1.00 bits per heavy atom. The van der Waals surface area contributed by atoms with Gasteiger partial charge in [-0.2, -0.15) is 9.12 Å². The predicted octanol–water partition coefficient (Wildman–Crippen LogP) is 2.68. The summed E-state index contributed by atoms with van der Waals surface area (Å²) >= 11 is 0. The summed E-state index contributed by atoms with van der Waals surface area (Å²) in [7, 11) is 0. The molecule has 0 saturated carbocycles. The zero-order chi connectivity index (χ0) is 19.0. The van der Waals surface area contributed by atoms with Gasteiger partial charge in [-0.15, -0.1) is 0 Å². The van der Waals surface area contributed by atoms with Gasteiger partial charge in [0.15, 0.2) is 12.4 Å². The summed E-state index contributed by atoms with van der Waals surface area (Å²) in [6.45, 7) is 1.94. The molecule has 0 spiro atoms. The van der Waals surface area contributed by atoms with Gasteiger partial charge in [0.05, 0.1) is 6.04 Å². The van der Waals surface area contributed by atoms with Crippen molar-refractivity contribution in [3.05, 3.63) is 101 Å². The third-order valence-corrected chi connectivity index (χ3v) is 4.80. The number of rotatable bonds is 3. The minimum absolute atomic E-state index is 0.218. The molecule has 0 aliphatic carbocycles. The third kappa shape index (κ3) is 2.91. The Labute approximate surface area is 154 Å². The van der Waals surface area contributed by atoms with Crippen LogP contribution in [0.4, 0.5) is 8.78 Å². The van der Waals surface area contributed by atoms with Gasteiger partial charge in [-0.05, 0) is 30.7 Å². The lowest BCUT2D eigenvalue weighted by molar-refractivity contribution is -0.605. The van der Waals surface area contributed by atoms with Crippen molar-refractivity contribution >= 4 is 5.84 Å². The summed E-state index contributed by atoms with van der Waals surface area (Å²) in [4.78, 5) is 8.68. The Hall–Kier alpha value is -3.35. The molecular formula is C20H16F2N4O. The third-order valence-electron chi connectivity index (χ3n) is 4.80. The first kappa shape index (κ1) is 17.1. The zero-order valence-electron chi connectivity index (χ0n) is 14.4. The normalized spacial score (nSPS) is 21.6. The number of aliphatic imine (C=N–C) groups is 1. The maximum atomic E-state index is 13.5. The molecule has 0 amide bonds. The number of pyridine rings is 2. The topological polar surface area (TPSA) is 64.2 Å². The highest BCUT2D eigenvalue weighted by atomic mass is 19.1. The molecular weight excluding hydrogens is 350 g/mol. The van der Waals surface area contributed by atoms with Crippen LogP contribution in [-0.4, -0.2) is 16.9 Å². The fraction of sp³-hybridized carbons (Fsp3) is 0.150. The van der Waals surface area contributed by atoms with Crippen LogP contribution >= 0.6 is 0 Å². The van der Waals surface area contributed by atoms with E-state index in [1.54, 1.807) is 30.3 Å². The van der Waals surface area contributed by atoms with Gasteiger partial charge in [0.2, 0.25) is 5.95 Å². The van der Waals surface area contributed by atoms with Crippen LogP contribution in [0, 0.1) is 17.0 Å². The summed E-state index contributed by atoms with van der Waals surface area (Å²) in [6.07, 6.45) is 4.23. The standard InChI is InChI=1S/C20H16F2N4O/c1-13-20(15-2-5-17(21)6-3-15,16-4-7-18(22)23-12-16)25-19(24-13)14-8-10-26(27)11-9-14/h2-13H,1H3,(H,24,25). The summed E-state index contributed by atoms with van der Waals surface area (Å²) in [6, 6.07) is 12.1. The molecule has 0 radical (unpaired) electrons. The predicted molar refractivity (Wildman–Crippen MR) is 95.9 cm³/mol. The van der Waals surface area contributed by atoms with Gasteiger partial charge in [0.1, 0.15) is 17.2 Å². The monoisotopic (exact) mass is 366 g/mol.